The Bertz CT molecular complexity index is 1890. The minimum Gasteiger partial charge on any atom is -0.352 e. The normalized spacial score (nSPS) is 17.2. The summed E-state index contributed by atoms with van der Waals surface area (Å²) in [7, 11) is 0. The first-order chi connectivity index (χ1) is 21.7. The first-order valence-corrected chi connectivity index (χ1v) is 15.4. The Hall–Kier alpha value is -4.60. The minimum atomic E-state index is -1.07. The molecule has 4 heterocycles. The number of fused-ring (bicyclic) bond motifs is 2. The van der Waals surface area contributed by atoms with Crippen LogP contribution in [0.2, 0.25) is 5.02 Å². The lowest BCUT2D eigenvalue weighted by molar-refractivity contribution is -0.131. The molecule has 2 aromatic carbocycles. The number of nitriles is 1. The van der Waals surface area contributed by atoms with Crippen LogP contribution in [0.4, 0.5) is 16.2 Å². The Morgan fingerprint density at radius 2 is 1.84 bits per heavy atom. The van der Waals surface area contributed by atoms with Crippen LogP contribution in [0.3, 0.4) is 0 Å². The molecule has 1 atom stereocenters. The molecule has 4 aromatic rings. The van der Waals surface area contributed by atoms with Gasteiger partial charge in [0.25, 0.3) is 11.5 Å². The second kappa shape index (κ2) is 12.4. The summed E-state index contributed by atoms with van der Waals surface area (Å²) in [6.45, 7) is 11.4. The molecule has 11 nitrogen and oxygen atoms in total. The Balaban J connectivity index is 1.47. The van der Waals surface area contributed by atoms with Crippen LogP contribution in [-0.4, -0.2) is 93.4 Å². The third kappa shape index (κ3) is 5.47. The summed E-state index contributed by atoms with van der Waals surface area (Å²) >= 11 is 6.59. The van der Waals surface area contributed by atoms with Crippen molar-refractivity contribution in [2.24, 2.45) is 0 Å². The second-order valence-corrected chi connectivity index (χ2v) is 11.6. The van der Waals surface area contributed by atoms with E-state index in [-0.39, 0.29) is 25.0 Å². The summed E-state index contributed by atoms with van der Waals surface area (Å²) in [6, 6.07) is 13.0. The number of amides is 1. The van der Waals surface area contributed by atoms with Gasteiger partial charge in [-0.3, -0.25) is 14.5 Å². The average molecular weight is 630 g/mol. The molecule has 2 fully saturated rings. The number of nitrogens with zero attached hydrogens (tertiary/aromatic N) is 9. The highest BCUT2D eigenvalue weighted by molar-refractivity contribution is 6.36. The first-order valence-electron chi connectivity index (χ1n) is 15.0. The standard InChI is InChI=1S/C32H33ClFN9O2/c1-4-39(5-2)23-18-41(19-23)32-37-28-24(29(38-32)40-14-15-42(30(44)20(3)34)22(17-40)12-13-35)16-36-43(31(28)45)26-11-7-9-21-8-6-10-25(33)27(21)26/h6-11,16,22-23H,3-5,12,14-15,17-19H2,1-2H3. The molecule has 6 rings (SSSR count). The van der Waals surface area contributed by atoms with E-state index in [1.54, 1.807) is 18.3 Å². The number of rotatable bonds is 8. The predicted octanol–water partition coefficient (Wildman–Crippen LogP) is 3.93. The number of likely N-dealkylation sites (N-methyl/N-ethyl adjacent to an activating group) is 1. The van der Waals surface area contributed by atoms with Gasteiger partial charge >= 0.3 is 0 Å². The van der Waals surface area contributed by atoms with Crippen LogP contribution >= 0.6 is 11.6 Å². The van der Waals surface area contributed by atoms with Crippen molar-refractivity contribution in [1.82, 2.24) is 29.5 Å². The van der Waals surface area contributed by atoms with Gasteiger partial charge in [-0.15, -0.1) is 0 Å². The highest BCUT2D eigenvalue weighted by Crippen LogP contribution is 2.32. The van der Waals surface area contributed by atoms with E-state index in [1.165, 1.54) is 9.58 Å². The Kier molecular flexibility index (Phi) is 8.40. The SMILES string of the molecule is C=C(F)C(=O)N1CCN(c2nc(N3CC(N(CC)CC)C3)nc3c(=O)n(-c4cccc5cccc(Cl)c45)ncc23)CC1CC#N. The van der Waals surface area contributed by atoms with Gasteiger partial charge in [-0.05, 0) is 30.6 Å². The molecule has 1 amide bonds. The predicted molar refractivity (Wildman–Crippen MR) is 173 cm³/mol. The van der Waals surface area contributed by atoms with E-state index in [2.05, 4.69) is 36.5 Å². The summed E-state index contributed by atoms with van der Waals surface area (Å²) in [5.74, 6) is -1.01. The Labute approximate surface area is 264 Å². The molecule has 1 unspecified atom stereocenters. The van der Waals surface area contributed by atoms with E-state index in [0.717, 1.165) is 18.5 Å². The Morgan fingerprint density at radius 3 is 2.53 bits per heavy atom. The number of carbonyl (C=O) groups is 1. The molecular weight excluding hydrogens is 597 g/mol. The number of aromatic nitrogens is 4. The van der Waals surface area contributed by atoms with E-state index in [4.69, 9.17) is 21.6 Å². The molecule has 2 aliphatic rings. The van der Waals surface area contributed by atoms with Crippen LogP contribution in [0.25, 0.3) is 27.4 Å². The fraction of sp³-hybridized carbons (Fsp3) is 0.375. The third-order valence-electron chi connectivity index (χ3n) is 8.75. The van der Waals surface area contributed by atoms with Crippen LogP contribution in [-0.2, 0) is 4.79 Å². The van der Waals surface area contributed by atoms with E-state index < -0.39 is 23.3 Å². The molecule has 13 heteroatoms. The van der Waals surface area contributed by atoms with Crippen molar-refractivity contribution in [3.8, 4) is 11.8 Å². The molecule has 0 N–H and O–H groups in total. The summed E-state index contributed by atoms with van der Waals surface area (Å²) < 4.78 is 15.1. The van der Waals surface area contributed by atoms with Gasteiger partial charge in [-0.25, -0.2) is 9.37 Å². The molecular formula is C32H33ClFN9O2. The van der Waals surface area contributed by atoms with Crippen molar-refractivity contribution >= 4 is 50.9 Å². The van der Waals surface area contributed by atoms with Gasteiger partial charge in [0, 0.05) is 44.2 Å². The van der Waals surface area contributed by atoms with Crippen LogP contribution < -0.4 is 15.4 Å². The number of halogens is 2. The highest BCUT2D eigenvalue weighted by Gasteiger charge is 2.36. The molecule has 0 aliphatic carbocycles. The maximum atomic E-state index is 14.2. The number of piperazine rings is 1. The molecule has 0 spiro atoms. The highest BCUT2D eigenvalue weighted by atomic mass is 35.5. The lowest BCUT2D eigenvalue weighted by atomic mass is 10.1. The van der Waals surface area contributed by atoms with E-state index in [9.17, 15) is 19.2 Å². The summed E-state index contributed by atoms with van der Waals surface area (Å²) in [5, 5.41) is 16.6. The summed E-state index contributed by atoms with van der Waals surface area (Å²) in [5.41, 5.74) is 0.291. The maximum absolute atomic E-state index is 14.2. The minimum absolute atomic E-state index is 0.00400. The van der Waals surface area contributed by atoms with Crippen LogP contribution in [0.1, 0.15) is 20.3 Å². The van der Waals surface area contributed by atoms with Crippen molar-refractivity contribution in [3.63, 3.8) is 0 Å². The summed E-state index contributed by atoms with van der Waals surface area (Å²) in [6.07, 6.45) is 1.57. The maximum Gasteiger partial charge on any atom is 0.298 e. The fourth-order valence-electron chi connectivity index (χ4n) is 6.34. The molecule has 2 aliphatic heterocycles. The molecule has 0 saturated carbocycles. The lowest BCUT2D eigenvalue weighted by Gasteiger charge is -2.45. The van der Waals surface area contributed by atoms with Gasteiger partial charge in [-0.1, -0.05) is 56.3 Å². The molecule has 0 radical (unpaired) electrons. The quantitative estimate of drug-likeness (QED) is 0.268. The third-order valence-corrected chi connectivity index (χ3v) is 9.06. The zero-order chi connectivity index (χ0) is 31.8. The van der Waals surface area contributed by atoms with E-state index >= 15 is 0 Å². The Morgan fingerprint density at radius 1 is 1.11 bits per heavy atom. The summed E-state index contributed by atoms with van der Waals surface area (Å²) in [4.78, 5) is 44.2. The largest absolute Gasteiger partial charge is 0.352 e. The van der Waals surface area contributed by atoms with Crippen LogP contribution in [0.5, 0.6) is 0 Å². The molecule has 0 bridgehead atoms. The molecule has 2 saturated heterocycles. The zero-order valence-corrected chi connectivity index (χ0v) is 25.9. The van der Waals surface area contributed by atoms with Crippen LogP contribution in [0, 0.1) is 11.3 Å². The number of benzene rings is 2. The van der Waals surface area contributed by atoms with E-state index in [1.807, 2.05) is 34.1 Å². The number of hydrogen-bond acceptors (Lipinski definition) is 9. The van der Waals surface area contributed by atoms with Gasteiger partial charge in [0.15, 0.2) is 5.83 Å². The average Bonchev–Trinajstić information content (AvgIpc) is 3.02. The van der Waals surface area contributed by atoms with Crippen molar-refractivity contribution in [2.45, 2.75) is 32.4 Å². The van der Waals surface area contributed by atoms with Crippen molar-refractivity contribution in [2.75, 3.05) is 55.6 Å². The van der Waals surface area contributed by atoms with Crippen molar-refractivity contribution in [3.05, 3.63) is 70.4 Å². The molecule has 232 valence electrons. The zero-order valence-electron chi connectivity index (χ0n) is 25.2. The van der Waals surface area contributed by atoms with Gasteiger partial charge in [0.05, 0.1) is 40.8 Å². The smallest absolute Gasteiger partial charge is 0.298 e. The fourth-order valence-corrected chi connectivity index (χ4v) is 6.62. The van der Waals surface area contributed by atoms with Gasteiger partial charge < -0.3 is 14.7 Å². The number of anilines is 2. The molecule has 2 aromatic heterocycles. The topological polar surface area (TPSA) is 114 Å². The molecule has 45 heavy (non-hydrogen) atoms. The van der Waals surface area contributed by atoms with Crippen molar-refractivity contribution in [1.29, 1.82) is 5.26 Å². The van der Waals surface area contributed by atoms with Gasteiger partial charge in [-0.2, -0.15) is 20.0 Å². The van der Waals surface area contributed by atoms with Gasteiger partial charge in [0.1, 0.15) is 11.3 Å². The van der Waals surface area contributed by atoms with E-state index in [0.29, 0.717) is 58.9 Å². The monoisotopic (exact) mass is 629 g/mol. The number of carbonyl (C=O) groups excluding carboxylic acids is 1. The first kappa shape index (κ1) is 30.4. The second-order valence-electron chi connectivity index (χ2n) is 11.2. The van der Waals surface area contributed by atoms with Gasteiger partial charge in [0.2, 0.25) is 5.95 Å². The number of hydrogen-bond donors (Lipinski definition) is 0. The van der Waals surface area contributed by atoms with Crippen LogP contribution in [0.15, 0.2) is 59.8 Å². The lowest BCUT2D eigenvalue weighted by Crippen LogP contribution is -2.60. The van der Waals surface area contributed by atoms with Crippen molar-refractivity contribution < 1.29 is 9.18 Å².